The summed E-state index contributed by atoms with van der Waals surface area (Å²) in [6.07, 6.45) is 7.30. The lowest BCUT2D eigenvalue weighted by atomic mass is 9.84. The van der Waals surface area contributed by atoms with Crippen molar-refractivity contribution in [2.24, 2.45) is 17.1 Å². The minimum absolute atomic E-state index is 0.0845. The molecule has 96 valence electrons. The molecule has 1 amide bonds. The molecule has 0 saturated heterocycles. The van der Waals surface area contributed by atoms with E-state index in [-0.39, 0.29) is 5.91 Å². The molecule has 3 N–H and O–H groups in total. The van der Waals surface area contributed by atoms with Crippen molar-refractivity contribution in [1.82, 2.24) is 5.32 Å². The predicted molar refractivity (Wildman–Crippen MR) is 72.6 cm³/mol. The van der Waals surface area contributed by atoms with Crippen molar-refractivity contribution in [3.63, 3.8) is 0 Å². The lowest BCUT2D eigenvalue weighted by Gasteiger charge is -2.29. The van der Waals surface area contributed by atoms with Crippen LogP contribution >= 0.6 is 12.2 Å². The minimum Gasteiger partial charge on any atom is -0.392 e. The number of hydrogen-bond acceptors (Lipinski definition) is 2. The molecule has 3 nitrogen and oxygen atoms in total. The van der Waals surface area contributed by atoms with Gasteiger partial charge in [-0.05, 0) is 31.6 Å². The summed E-state index contributed by atoms with van der Waals surface area (Å²) < 4.78 is 0. The quantitative estimate of drug-likeness (QED) is 0.759. The largest absolute Gasteiger partial charge is 0.392 e. The summed E-state index contributed by atoms with van der Waals surface area (Å²) in [5.74, 6) is 0.671. The van der Waals surface area contributed by atoms with Gasteiger partial charge in [-0.25, -0.2) is 0 Å². The van der Waals surface area contributed by atoms with Gasteiger partial charge in [0.25, 0.3) is 0 Å². The maximum Gasteiger partial charge on any atom is 0.233 e. The van der Waals surface area contributed by atoms with Gasteiger partial charge >= 0.3 is 0 Å². The summed E-state index contributed by atoms with van der Waals surface area (Å²) >= 11 is 5.13. The van der Waals surface area contributed by atoms with Crippen LogP contribution < -0.4 is 11.1 Å². The van der Waals surface area contributed by atoms with E-state index in [9.17, 15) is 4.79 Å². The number of hydrogen-bond donors (Lipinski definition) is 2. The Bertz CT molecular complexity index is 323. The van der Waals surface area contributed by atoms with Crippen molar-refractivity contribution < 1.29 is 4.79 Å². The number of carbonyl (C=O) groups is 1. The van der Waals surface area contributed by atoms with Crippen molar-refractivity contribution in [3.05, 3.63) is 0 Å². The van der Waals surface area contributed by atoms with Gasteiger partial charge in [0, 0.05) is 6.04 Å². The van der Waals surface area contributed by atoms with E-state index in [1.165, 1.54) is 12.8 Å². The SMILES string of the molecule is CC1CCCC1NC(=O)C1(C(N)=S)CCCC1. The van der Waals surface area contributed by atoms with Gasteiger partial charge in [0.2, 0.25) is 5.91 Å². The van der Waals surface area contributed by atoms with Gasteiger partial charge in [0.05, 0.1) is 10.4 Å². The molecule has 17 heavy (non-hydrogen) atoms. The van der Waals surface area contributed by atoms with Crippen LogP contribution in [0.15, 0.2) is 0 Å². The van der Waals surface area contributed by atoms with Crippen molar-refractivity contribution in [2.75, 3.05) is 0 Å². The van der Waals surface area contributed by atoms with E-state index < -0.39 is 5.41 Å². The average molecular weight is 254 g/mol. The first-order valence-electron chi connectivity index (χ1n) is 6.67. The molecular weight excluding hydrogens is 232 g/mol. The first-order chi connectivity index (χ1) is 8.06. The monoisotopic (exact) mass is 254 g/mol. The number of nitrogens with one attached hydrogen (secondary N) is 1. The van der Waals surface area contributed by atoms with Crippen molar-refractivity contribution >= 4 is 23.1 Å². The molecule has 2 rings (SSSR count). The second-order valence-electron chi connectivity index (χ2n) is 5.64. The van der Waals surface area contributed by atoms with E-state index >= 15 is 0 Å². The number of thiocarbonyl (C=S) groups is 1. The highest BCUT2D eigenvalue weighted by Gasteiger charge is 2.45. The summed E-state index contributed by atoms with van der Waals surface area (Å²) in [4.78, 5) is 12.8. The molecule has 0 heterocycles. The fraction of sp³-hybridized carbons (Fsp3) is 0.846. The van der Waals surface area contributed by atoms with Crippen molar-refractivity contribution in [2.45, 2.75) is 57.9 Å². The molecule has 2 aliphatic carbocycles. The molecule has 0 spiro atoms. The minimum atomic E-state index is -0.544. The molecule has 0 radical (unpaired) electrons. The molecule has 0 aromatic heterocycles. The Morgan fingerprint density at radius 3 is 2.41 bits per heavy atom. The Balaban J connectivity index is 2.05. The summed E-state index contributed by atoms with van der Waals surface area (Å²) in [6.45, 7) is 2.21. The molecule has 2 saturated carbocycles. The zero-order valence-electron chi connectivity index (χ0n) is 10.5. The van der Waals surface area contributed by atoms with Gasteiger partial charge in [-0.3, -0.25) is 4.79 Å². The summed E-state index contributed by atoms with van der Waals surface area (Å²) in [7, 11) is 0. The van der Waals surface area contributed by atoms with Crippen LogP contribution in [-0.2, 0) is 4.79 Å². The number of rotatable bonds is 3. The summed E-state index contributed by atoms with van der Waals surface area (Å²) in [6, 6.07) is 0.328. The molecule has 0 aliphatic heterocycles. The Labute approximate surface area is 109 Å². The number of amides is 1. The smallest absolute Gasteiger partial charge is 0.233 e. The van der Waals surface area contributed by atoms with Crippen molar-refractivity contribution in [1.29, 1.82) is 0 Å². The van der Waals surface area contributed by atoms with E-state index in [1.54, 1.807) is 0 Å². The van der Waals surface area contributed by atoms with E-state index in [1.807, 2.05) is 0 Å². The third kappa shape index (κ3) is 2.32. The lowest BCUT2D eigenvalue weighted by Crippen LogP contribution is -2.50. The highest BCUT2D eigenvalue weighted by atomic mass is 32.1. The summed E-state index contributed by atoms with van der Waals surface area (Å²) in [5, 5.41) is 3.19. The van der Waals surface area contributed by atoms with Crippen LogP contribution in [0.5, 0.6) is 0 Å². The van der Waals surface area contributed by atoms with E-state index in [4.69, 9.17) is 18.0 Å². The van der Waals surface area contributed by atoms with Gasteiger partial charge in [-0.1, -0.05) is 38.4 Å². The van der Waals surface area contributed by atoms with Gasteiger partial charge in [0.1, 0.15) is 0 Å². The van der Waals surface area contributed by atoms with Crippen LogP contribution in [0.1, 0.15) is 51.9 Å². The second kappa shape index (κ2) is 4.92. The predicted octanol–water partition coefficient (Wildman–Crippen LogP) is 2.14. The van der Waals surface area contributed by atoms with Crippen LogP contribution in [0.3, 0.4) is 0 Å². The average Bonchev–Trinajstić information content (AvgIpc) is 2.89. The molecule has 0 aromatic carbocycles. The maximum atomic E-state index is 12.4. The highest BCUT2D eigenvalue weighted by molar-refractivity contribution is 7.80. The van der Waals surface area contributed by atoms with Crippen LogP contribution in [0, 0.1) is 11.3 Å². The normalized spacial score (nSPS) is 31.4. The van der Waals surface area contributed by atoms with Gasteiger partial charge in [-0.2, -0.15) is 0 Å². The third-order valence-electron chi connectivity index (χ3n) is 4.54. The molecule has 0 aromatic rings. The van der Waals surface area contributed by atoms with Crippen LogP contribution in [0.4, 0.5) is 0 Å². The van der Waals surface area contributed by atoms with E-state index in [0.29, 0.717) is 16.9 Å². The molecule has 2 unspecified atom stereocenters. The maximum absolute atomic E-state index is 12.4. The van der Waals surface area contributed by atoms with E-state index in [2.05, 4.69) is 12.2 Å². The summed E-state index contributed by atoms with van der Waals surface area (Å²) in [5.41, 5.74) is 5.27. The van der Waals surface area contributed by atoms with Crippen LogP contribution in [0.25, 0.3) is 0 Å². The Kier molecular flexibility index (Phi) is 3.71. The number of carbonyl (C=O) groups excluding carboxylic acids is 1. The molecule has 2 atom stereocenters. The van der Waals surface area contributed by atoms with Gasteiger partial charge in [0.15, 0.2) is 0 Å². The first kappa shape index (κ1) is 12.8. The number of nitrogens with two attached hydrogens (primary N) is 1. The molecule has 2 aliphatic rings. The fourth-order valence-corrected chi connectivity index (χ4v) is 3.53. The zero-order valence-corrected chi connectivity index (χ0v) is 11.3. The molecule has 2 fully saturated rings. The van der Waals surface area contributed by atoms with Gasteiger partial charge < -0.3 is 11.1 Å². The topological polar surface area (TPSA) is 55.1 Å². The third-order valence-corrected chi connectivity index (χ3v) is 4.93. The Hall–Kier alpha value is -0.640. The van der Waals surface area contributed by atoms with Crippen LogP contribution in [0.2, 0.25) is 0 Å². The standard InChI is InChI=1S/C13H22N2OS/c1-9-5-4-6-10(9)15-12(16)13(11(14)17)7-2-3-8-13/h9-10H,2-8H2,1H3,(H2,14,17)(H,15,16). The highest BCUT2D eigenvalue weighted by Crippen LogP contribution is 2.39. The molecular formula is C13H22N2OS. The molecule has 4 heteroatoms. The fourth-order valence-electron chi connectivity index (χ4n) is 3.23. The zero-order chi connectivity index (χ0) is 12.5. The van der Waals surface area contributed by atoms with E-state index in [0.717, 1.165) is 32.1 Å². The lowest BCUT2D eigenvalue weighted by molar-refractivity contribution is -0.128. The molecule has 0 bridgehead atoms. The van der Waals surface area contributed by atoms with Crippen LogP contribution in [-0.4, -0.2) is 16.9 Å². The van der Waals surface area contributed by atoms with Gasteiger partial charge in [-0.15, -0.1) is 0 Å². The first-order valence-corrected chi connectivity index (χ1v) is 7.08. The Morgan fingerprint density at radius 1 is 1.29 bits per heavy atom. The van der Waals surface area contributed by atoms with Crippen molar-refractivity contribution in [3.8, 4) is 0 Å². The second-order valence-corrected chi connectivity index (χ2v) is 6.08. The Morgan fingerprint density at radius 2 is 1.94 bits per heavy atom.